The normalized spacial score (nSPS) is 15.1. The number of hydrogen-bond acceptors (Lipinski definition) is 5. The van der Waals surface area contributed by atoms with Gasteiger partial charge >= 0.3 is 0 Å². The van der Waals surface area contributed by atoms with Gasteiger partial charge in [-0.1, -0.05) is 18.2 Å². The van der Waals surface area contributed by atoms with Gasteiger partial charge in [-0.05, 0) is 38.3 Å². The molecular formula is C20H25N3O3S. The van der Waals surface area contributed by atoms with Crippen LogP contribution in [0.1, 0.15) is 29.9 Å². The highest BCUT2D eigenvalue weighted by Crippen LogP contribution is 2.26. The monoisotopic (exact) mass is 387 g/mol. The Bertz CT molecular complexity index is 826. The number of aryl methyl sites for hydroxylation is 2. The van der Waals surface area contributed by atoms with Crippen LogP contribution < -0.4 is 5.73 Å². The molecule has 1 fully saturated rings. The van der Waals surface area contributed by atoms with E-state index in [1.807, 2.05) is 43.0 Å². The number of rotatable bonds is 6. The first kappa shape index (κ1) is 19.5. The zero-order chi connectivity index (χ0) is 19.4. The first-order valence-corrected chi connectivity index (χ1v) is 10.3. The van der Waals surface area contributed by atoms with Crippen molar-refractivity contribution in [3.8, 4) is 11.5 Å². The molecule has 0 atom stereocenters. The van der Waals surface area contributed by atoms with Crippen molar-refractivity contribution in [2.24, 2.45) is 11.7 Å². The molecule has 2 N–H and O–H groups in total. The second-order valence-electron chi connectivity index (χ2n) is 6.89. The molecule has 0 unspecified atom stereocenters. The summed E-state index contributed by atoms with van der Waals surface area (Å²) < 4.78 is 5.83. The first-order chi connectivity index (χ1) is 13.0. The second-order valence-corrected chi connectivity index (χ2v) is 7.87. The van der Waals surface area contributed by atoms with E-state index in [1.54, 1.807) is 0 Å². The molecule has 144 valence electrons. The minimum Gasteiger partial charge on any atom is -0.441 e. The molecule has 0 spiro atoms. The fourth-order valence-corrected chi connectivity index (χ4v) is 4.15. The van der Waals surface area contributed by atoms with E-state index in [2.05, 4.69) is 4.98 Å². The Kier molecular flexibility index (Phi) is 6.21. The van der Waals surface area contributed by atoms with Crippen molar-refractivity contribution in [1.29, 1.82) is 0 Å². The molecule has 0 aliphatic carbocycles. The molecule has 0 bridgehead atoms. The minimum atomic E-state index is -0.262. The van der Waals surface area contributed by atoms with E-state index in [0.717, 1.165) is 22.6 Å². The fourth-order valence-electron chi connectivity index (χ4n) is 3.23. The summed E-state index contributed by atoms with van der Waals surface area (Å²) in [6, 6.07) is 7.99. The van der Waals surface area contributed by atoms with Crippen molar-refractivity contribution < 1.29 is 14.0 Å². The van der Waals surface area contributed by atoms with Gasteiger partial charge in [0.15, 0.2) is 0 Å². The number of amides is 2. The maximum atomic E-state index is 12.4. The van der Waals surface area contributed by atoms with Crippen LogP contribution in [0.2, 0.25) is 0 Å². The third-order valence-corrected chi connectivity index (χ3v) is 5.91. The number of carbonyl (C=O) groups excluding carboxylic acids is 2. The van der Waals surface area contributed by atoms with Crippen LogP contribution in [0.25, 0.3) is 11.5 Å². The van der Waals surface area contributed by atoms with Gasteiger partial charge in [0.2, 0.25) is 17.7 Å². The third-order valence-electron chi connectivity index (χ3n) is 4.98. The lowest BCUT2D eigenvalue weighted by Gasteiger charge is -2.30. The van der Waals surface area contributed by atoms with Crippen LogP contribution in [-0.4, -0.2) is 40.5 Å². The average Bonchev–Trinajstić information content (AvgIpc) is 3.02. The Morgan fingerprint density at radius 1 is 1.26 bits per heavy atom. The molecule has 1 saturated heterocycles. The summed E-state index contributed by atoms with van der Waals surface area (Å²) in [5.74, 6) is 2.18. The lowest BCUT2D eigenvalue weighted by atomic mass is 9.96. The zero-order valence-corrected chi connectivity index (χ0v) is 16.6. The van der Waals surface area contributed by atoms with E-state index in [-0.39, 0.29) is 17.7 Å². The SMILES string of the molecule is Cc1ccccc1-c1nc(CSCC(=O)N2CCC(C(N)=O)CC2)c(C)o1. The van der Waals surface area contributed by atoms with Crippen molar-refractivity contribution >= 4 is 23.6 Å². The van der Waals surface area contributed by atoms with Gasteiger partial charge < -0.3 is 15.1 Å². The smallest absolute Gasteiger partial charge is 0.232 e. The Balaban J connectivity index is 1.52. The zero-order valence-electron chi connectivity index (χ0n) is 15.7. The van der Waals surface area contributed by atoms with Gasteiger partial charge in [0.25, 0.3) is 0 Å². The molecule has 1 aliphatic heterocycles. The molecule has 2 heterocycles. The van der Waals surface area contributed by atoms with Crippen LogP contribution >= 0.6 is 11.8 Å². The van der Waals surface area contributed by atoms with Gasteiger partial charge in [-0.15, -0.1) is 11.8 Å². The number of nitrogens with two attached hydrogens (primary N) is 1. The number of likely N-dealkylation sites (tertiary alicyclic amines) is 1. The molecule has 2 amide bonds. The van der Waals surface area contributed by atoms with Crippen molar-refractivity contribution in [3.05, 3.63) is 41.3 Å². The number of thioether (sulfide) groups is 1. The third kappa shape index (κ3) is 4.71. The van der Waals surface area contributed by atoms with Crippen molar-refractivity contribution in [2.75, 3.05) is 18.8 Å². The molecule has 7 heteroatoms. The maximum absolute atomic E-state index is 12.4. The van der Waals surface area contributed by atoms with Gasteiger partial charge in [0, 0.05) is 30.3 Å². The molecule has 2 aromatic rings. The second kappa shape index (κ2) is 8.61. The van der Waals surface area contributed by atoms with E-state index >= 15 is 0 Å². The Labute approximate surface area is 163 Å². The van der Waals surface area contributed by atoms with Crippen molar-refractivity contribution in [1.82, 2.24) is 9.88 Å². The number of hydrogen-bond donors (Lipinski definition) is 1. The number of benzene rings is 1. The lowest BCUT2D eigenvalue weighted by molar-refractivity contribution is -0.132. The molecule has 1 aromatic heterocycles. The van der Waals surface area contributed by atoms with Crippen LogP contribution in [0, 0.1) is 19.8 Å². The van der Waals surface area contributed by atoms with E-state index < -0.39 is 0 Å². The molecular weight excluding hydrogens is 362 g/mol. The van der Waals surface area contributed by atoms with Gasteiger partial charge in [-0.3, -0.25) is 9.59 Å². The summed E-state index contributed by atoms with van der Waals surface area (Å²) in [6.45, 7) is 5.14. The molecule has 1 aliphatic rings. The number of aromatic nitrogens is 1. The Morgan fingerprint density at radius 2 is 1.96 bits per heavy atom. The molecule has 3 rings (SSSR count). The molecule has 6 nitrogen and oxygen atoms in total. The van der Waals surface area contributed by atoms with Crippen LogP contribution in [0.4, 0.5) is 0 Å². The summed E-state index contributed by atoms with van der Waals surface area (Å²) in [7, 11) is 0. The largest absolute Gasteiger partial charge is 0.441 e. The van der Waals surface area contributed by atoms with Crippen LogP contribution in [0.15, 0.2) is 28.7 Å². The summed E-state index contributed by atoms with van der Waals surface area (Å²) in [5, 5.41) is 0. The standard InChI is InChI=1S/C20H25N3O3S/c1-13-5-3-4-6-16(13)20-22-17(14(2)26-20)11-27-12-18(24)23-9-7-15(8-10-23)19(21)25/h3-6,15H,7-12H2,1-2H3,(H2,21,25). The van der Waals surface area contributed by atoms with Crippen molar-refractivity contribution in [2.45, 2.75) is 32.4 Å². The molecule has 27 heavy (non-hydrogen) atoms. The topological polar surface area (TPSA) is 89.4 Å². The van der Waals surface area contributed by atoms with E-state index in [4.69, 9.17) is 10.2 Å². The van der Waals surface area contributed by atoms with Gasteiger partial charge in [0.05, 0.1) is 11.4 Å². The van der Waals surface area contributed by atoms with E-state index in [1.165, 1.54) is 11.8 Å². The van der Waals surface area contributed by atoms with Crippen molar-refractivity contribution in [3.63, 3.8) is 0 Å². The van der Waals surface area contributed by atoms with Crippen LogP contribution in [0.3, 0.4) is 0 Å². The Morgan fingerprint density at radius 3 is 2.63 bits per heavy atom. The summed E-state index contributed by atoms with van der Waals surface area (Å²) >= 11 is 1.54. The number of piperidine rings is 1. The maximum Gasteiger partial charge on any atom is 0.232 e. The van der Waals surface area contributed by atoms with E-state index in [9.17, 15) is 9.59 Å². The minimum absolute atomic E-state index is 0.0978. The summed E-state index contributed by atoms with van der Waals surface area (Å²) in [4.78, 5) is 30.0. The predicted octanol–water partition coefficient (Wildman–Crippen LogP) is 2.92. The van der Waals surface area contributed by atoms with Crippen LogP contribution in [-0.2, 0) is 15.3 Å². The quantitative estimate of drug-likeness (QED) is 0.823. The summed E-state index contributed by atoms with van der Waals surface area (Å²) in [5.41, 5.74) is 8.32. The van der Waals surface area contributed by atoms with E-state index in [0.29, 0.717) is 43.3 Å². The molecule has 0 radical (unpaired) electrons. The highest BCUT2D eigenvalue weighted by molar-refractivity contribution is 7.99. The number of carbonyl (C=O) groups is 2. The molecule has 0 saturated carbocycles. The first-order valence-electron chi connectivity index (χ1n) is 9.13. The number of primary amides is 1. The number of nitrogens with zero attached hydrogens (tertiary/aromatic N) is 2. The van der Waals surface area contributed by atoms with Crippen LogP contribution in [0.5, 0.6) is 0 Å². The van der Waals surface area contributed by atoms with Gasteiger partial charge in [-0.25, -0.2) is 4.98 Å². The van der Waals surface area contributed by atoms with Gasteiger partial charge in [0.1, 0.15) is 5.76 Å². The molecule has 1 aromatic carbocycles. The highest BCUT2D eigenvalue weighted by Gasteiger charge is 2.25. The lowest BCUT2D eigenvalue weighted by Crippen LogP contribution is -2.42. The Hall–Kier alpha value is -2.28. The summed E-state index contributed by atoms with van der Waals surface area (Å²) in [6.07, 6.45) is 1.32. The highest BCUT2D eigenvalue weighted by atomic mass is 32.2. The number of oxazole rings is 1. The predicted molar refractivity (Wildman–Crippen MR) is 106 cm³/mol. The average molecular weight is 388 g/mol. The van der Waals surface area contributed by atoms with Gasteiger partial charge in [-0.2, -0.15) is 0 Å². The fraction of sp³-hybridized carbons (Fsp3) is 0.450.